The fraction of sp³-hybridized carbons (Fsp3) is 0.543. The summed E-state index contributed by atoms with van der Waals surface area (Å²) in [5.74, 6) is -2.42. The summed E-state index contributed by atoms with van der Waals surface area (Å²) in [7, 11) is 0. The zero-order valence-electron chi connectivity index (χ0n) is 28.5. The monoisotopic (exact) mass is 641 g/mol. The molecule has 0 aliphatic rings. The van der Waals surface area contributed by atoms with Gasteiger partial charge in [0, 0.05) is 18.5 Å². The summed E-state index contributed by atoms with van der Waals surface area (Å²) in [5.41, 5.74) is -0.379. The van der Waals surface area contributed by atoms with Crippen LogP contribution in [0.2, 0.25) is 0 Å². The van der Waals surface area contributed by atoms with Crippen molar-refractivity contribution in [2.75, 3.05) is 13.2 Å². The molecule has 11 heteroatoms. The van der Waals surface area contributed by atoms with Crippen LogP contribution in [0.3, 0.4) is 0 Å². The molecule has 0 aromatic heterocycles. The molecule has 3 unspecified atom stereocenters. The zero-order valence-corrected chi connectivity index (χ0v) is 28.5. The first kappa shape index (κ1) is 38.1. The molecule has 2 rings (SSSR count). The molecule has 0 radical (unpaired) electrons. The van der Waals surface area contributed by atoms with Crippen LogP contribution in [0.1, 0.15) is 84.5 Å². The Morgan fingerprint density at radius 2 is 1.46 bits per heavy atom. The van der Waals surface area contributed by atoms with Gasteiger partial charge in [0.15, 0.2) is 0 Å². The maximum atomic E-state index is 14.3. The number of carbonyl (C=O) groups is 4. The lowest BCUT2D eigenvalue weighted by Gasteiger charge is -2.35. The molecule has 254 valence electrons. The van der Waals surface area contributed by atoms with Crippen LogP contribution in [0.4, 0.5) is 4.79 Å². The van der Waals surface area contributed by atoms with Crippen LogP contribution in [0.15, 0.2) is 48.5 Å². The van der Waals surface area contributed by atoms with Gasteiger partial charge in [0.25, 0.3) is 0 Å². The molecule has 3 atom stereocenters. The SMILES string of the molecule is Cc1cccc(C(C(=O)NC(Cc2ccccc2)C(=O)OC(C)(C)C)N(CCO)C(=O)C(CC(C)C)NC(=O)OC(C)(C)C)c1O. The number of nitrogens with one attached hydrogen (secondary N) is 2. The molecule has 11 nitrogen and oxygen atoms in total. The van der Waals surface area contributed by atoms with Crippen molar-refractivity contribution in [2.45, 2.75) is 104 Å². The Kier molecular flexibility index (Phi) is 13.6. The lowest BCUT2D eigenvalue weighted by molar-refractivity contribution is -0.159. The van der Waals surface area contributed by atoms with E-state index in [0.717, 1.165) is 10.5 Å². The molecule has 46 heavy (non-hydrogen) atoms. The highest BCUT2D eigenvalue weighted by molar-refractivity contribution is 5.94. The normalized spacial score (nSPS) is 13.7. The Balaban J connectivity index is 2.63. The quantitative estimate of drug-likeness (QED) is 0.232. The van der Waals surface area contributed by atoms with Crippen LogP contribution in [0, 0.1) is 12.8 Å². The molecule has 0 saturated carbocycles. The number of rotatable bonds is 13. The van der Waals surface area contributed by atoms with E-state index in [1.807, 2.05) is 44.2 Å². The Labute approximate surface area is 272 Å². The van der Waals surface area contributed by atoms with E-state index < -0.39 is 59.8 Å². The van der Waals surface area contributed by atoms with Crippen LogP contribution >= 0.6 is 0 Å². The highest BCUT2D eigenvalue weighted by Gasteiger charge is 2.39. The van der Waals surface area contributed by atoms with Crippen LogP contribution < -0.4 is 10.6 Å². The largest absolute Gasteiger partial charge is 0.507 e. The lowest BCUT2D eigenvalue weighted by atomic mass is 9.96. The summed E-state index contributed by atoms with van der Waals surface area (Å²) in [6.07, 6.45) is -0.524. The van der Waals surface area contributed by atoms with Gasteiger partial charge >= 0.3 is 12.1 Å². The Bertz CT molecular complexity index is 1330. The Morgan fingerprint density at radius 3 is 2.00 bits per heavy atom. The fourth-order valence-corrected chi connectivity index (χ4v) is 4.84. The fourth-order valence-electron chi connectivity index (χ4n) is 4.84. The first-order valence-corrected chi connectivity index (χ1v) is 15.6. The number of alkyl carbamates (subject to hydrolysis) is 1. The van der Waals surface area contributed by atoms with Crippen molar-refractivity contribution in [3.8, 4) is 5.75 Å². The van der Waals surface area contributed by atoms with Gasteiger partial charge in [-0.25, -0.2) is 9.59 Å². The van der Waals surface area contributed by atoms with Crippen LogP contribution in [0.5, 0.6) is 5.75 Å². The maximum absolute atomic E-state index is 14.3. The predicted molar refractivity (Wildman–Crippen MR) is 175 cm³/mol. The van der Waals surface area contributed by atoms with E-state index in [4.69, 9.17) is 9.47 Å². The van der Waals surface area contributed by atoms with E-state index in [2.05, 4.69) is 10.6 Å². The number of aliphatic hydroxyl groups is 1. The van der Waals surface area contributed by atoms with Gasteiger partial charge in [0.2, 0.25) is 11.8 Å². The molecule has 0 spiro atoms. The van der Waals surface area contributed by atoms with Gasteiger partial charge in [-0.3, -0.25) is 9.59 Å². The molecule has 4 N–H and O–H groups in total. The number of amides is 3. The van der Waals surface area contributed by atoms with Crippen molar-refractivity contribution in [1.29, 1.82) is 0 Å². The van der Waals surface area contributed by atoms with Crippen LogP contribution in [-0.4, -0.2) is 75.4 Å². The molecule has 0 aliphatic heterocycles. The molecule has 2 aromatic carbocycles. The number of hydrogen-bond donors (Lipinski definition) is 4. The van der Waals surface area contributed by atoms with Gasteiger partial charge in [-0.1, -0.05) is 62.4 Å². The smallest absolute Gasteiger partial charge is 0.408 e. The molecule has 0 heterocycles. The number of aryl methyl sites for hydroxylation is 1. The third kappa shape index (κ3) is 12.0. The number of esters is 1. The first-order chi connectivity index (χ1) is 21.3. The molecule has 0 bridgehead atoms. The standard InChI is InChI=1S/C35H51N3O8/c1-22(2)20-26(37-33(44)46-35(7,8)9)31(42)38(18-19-39)28(25-17-13-14-23(3)29(25)40)30(41)36-27(32(43)45-34(4,5)6)21-24-15-11-10-12-16-24/h10-17,22,26-28,39-40H,18-21H2,1-9H3,(H,36,41)(H,37,44). The van der Waals surface area contributed by atoms with Crippen molar-refractivity contribution in [3.63, 3.8) is 0 Å². The van der Waals surface area contributed by atoms with Crippen molar-refractivity contribution >= 4 is 23.9 Å². The topological polar surface area (TPSA) is 154 Å². The number of ether oxygens (including phenoxy) is 2. The average Bonchev–Trinajstić information content (AvgIpc) is 2.92. The van der Waals surface area contributed by atoms with E-state index in [1.54, 1.807) is 60.6 Å². The van der Waals surface area contributed by atoms with E-state index in [-0.39, 0.29) is 36.6 Å². The van der Waals surface area contributed by atoms with Gasteiger partial charge in [0.05, 0.1) is 6.61 Å². The molecule has 0 saturated heterocycles. The first-order valence-electron chi connectivity index (χ1n) is 15.6. The number of phenols is 1. The summed E-state index contributed by atoms with van der Waals surface area (Å²) in [4.78, 5) is 55.9. The Morgan fingerprint density at radius 1 is 0.848 bits per heavy atom. The summed E-state index contributed by atoms with van der Waals surface area (Å²) < 4.78 is 11.0. The molecule has 3 amide bonds. The number of aromatic hydroxyl groups is 1. The number of hydrogen-bond acceptors (Lipinski definition) is 8. The minimum Gasteiger partial charge on any atom is -0.507 e. The van der Waals surface area contributed by atoms with Gasteiger partial charge < -0.3 is 35.2 Å². The van der Waals surface area contributed by atoms with Gasteiger partial charge in [0.1, 0.15) is 35.1 Å². The predicted octanol–water partition coefficient (Wildman–Crippen LogP) is 4.57. The van der Waals surface area contributed by atoms with E-state index in [1.165, 1.54) is 6.07 Å². The minimum absolute atomic E-state index is 0.0538. The summed E-state index contributed by atoms with van der Waals surface area (Å²) in [5, 5.41) is 26.6. The molecule has 0 aliphatic carbocycles. The van der Waals surface area contributed by atoms with Crippen molar-refractivity contribution < 1.29 is 38.9 Å². The lowest BCUT2D eigenvalue weighted by Crippen LogP contribution is -2.55. The van der Waals surface area contributed by atoms with Crippen molar-refractivity contribution in [2.24, 2.45) is 5.92 Å². The van der Waals surface area contributed by atoms with E-state index in [0.29, 0.717) is 5.56 Å². The number of para-hydroxylation sites is 1. The number of nitrogens with zero attached hydrogens (tertiary/aromatic N) is 1. The number of benzene rings is 2. The van der Waals surface area contributed by atoms with Crippen LogP contribution in [0.25, 0.3) is 0 Å². The summed E-state index contributed by atoms with van der Waals surface area (Å²) in [6.45, 7) is 14.8. The molecule has 2 aromatic rings. The highest BCUT2D eigenvalue weighted by atomic mass is 16.6. The molecular weight excluding hydrogens is 590 g/mol. The third-order valence-electron chi connectivity index (χ3n) is 6.73. The number of phenolic OH excluding ortho intramolecular Hbond substituents is 1. The second kappa shape index (κ2) is 16.4. The van der Waals surface area contributed by atoms with Gasteiger partial charge in [-0.15, -0.1) is 0 Å². The number of carbonyl (C=O) groups excluding carboxylic acids is 4. The van der Waals surface area contributed by atoms with Crippen LogP contribution in [-0.2, 0) is 30.3 Å². The second-order valence-corrected chi connectivity index (χ2v) is 13.8. The van der Waals surface area contributed by atoms with E-state index >= 15 is 0 Å². The van der Waals surface area contributed by atoms with Crippen molar-refractivity contribution in [3.05, 3.63) is 65.2 Å². The summed E-state index contributed by atoms with van der Waals surface area (Å²) in [6, 6.07) is 10.1. The highest BCUT2D eigenvalue weighted by Crippen LogP contribution is 2.33. The maximum Gasteiger partial charge on any atom is 0.408 e. The van der Waals surface area contributed by atoms with Crippen molar-refractivity contribution in [1.82, 2.24) is 15.5 Å². The summed E-state index contributed by atoms with van der Waals surface area (Å²) >= 11 is 0. The van der Waals surface area contributed by atoms with E-state index in [9.17, 15) is 29.4 Å². The average molecular weight is 642 g/mol. The Hall–Kier alpha value is -4.12. The number of aliphatic hydroxyl groups excluding tert-OH is 1. The third-order valence-corrected chi connectivity index (χ3v) is 6.73. The molecular formula is C35H51N3O8. The molecule has 0 fully saturated rings. The zero-order chi connectivity index (χ0) is 34.8. The van der Waals surface area contributed by atoms with Gasteiger partial charge in [-0.05, 0) is 71.9 Å². The van der Waals surface area contributed by atoms with Gasteiger partial charge in [-0.2, -0.15) is 0 Å². The minimum atomic E-state index is -1.49. The second-order valence-electron chi connectivity index (χ2n) is 13.8.